The molecule has 6 nitrogen and oxygen atoms in total. The lowest BCUT2D eigenvalue weighted by molar-refractivity contribution is -0.122. The van der Waals surface area contributed by atoms with Crippen molar-refractivity contribution >= 4 is 35.0 Å². The van der Waals surface area contributed by atoms with Gasteiger partial charge in [0.1, 0.15) is 0 Å². The van der Waals surface area contributed by atoms with Crippen molar-refractivity contribution in [3.63, 3.8) is 0 Å². The van der Waals surface area contributed by atoms with Crippen molar-refractivity contribution in [1.29, 1.82) is 0 Å². The molecule has 0 spiro atoms. The molecule has 7 heteroatoms. The number of imide groups is 1. The van der Waals surface area contributed by atoms with E-state index in [0.29, 0.717) is 17.1 Å². The van der Waals surface area contributed by atoms with Gasteiger partial charge in [-0.2, -0.15) is 0 Å². The van der Waals surface area contributed by atoms with Crippen molar-refractivity contribution in [3.05, 3.63) is 70.4 Å². The van der Waals surface area contributed by atoms with Crippen LogP contribution in [-0.2, 0) is 9.53 Å². The lowest BCUT2D eigenvalue weighted by atomic mass is 10.2. The number of thioether (sulfide) groups is 1. The highest BCUT2D eigenvalue weighted by molar-refractivity contribution is 8.18. The van der Waals surface area contributed by atoms with Crippen molar-refractivity contribution in [2.75, 3.05) is 13.2 Å². The summed E-state index contributed by atoms with van der Waals surface area (Å²) in [7, 11) is 0. The second-order valence-electron chi connectivity index (χ2n) is 6.51. The van der Waals surface area contributed by atoms with E-state index in [1.54, 1.807) is 25.1 Å². The lowest BCUT2D eigenvalue weighted by Crippen LogP contribution is -2.27. The van der Waals surface area contributed by atoms with Crippen LogP contribution in [0, 0.1) is 13.8 Å². The zero-order valence-electron chi connectivity index (χ0n) is 16.6. The molecule has 0 bridgehead atoms. The summed E-state index contributed by atoms with van der Waals surface area (Å²) in [5.41, 5.74) is 4.16. The molecule has 2 amide bonds. The second-order valence-corrected chi connectivity index (χ2v) is 7.50. The average molecular weight is 410 g/mol. The summed E-state index contributed by atoms with van der Waals surface area (Å²) in [5.74, 6) is -0.653. The normalized spacial score (nSPS) is 15.3. The minimum absolute atomic E-state index is 0.202. The Morgan fingerprint density at radius 2 is 1.90 bits per heavy atom. The van der Waals surface area contributed by atoms with Crippen LogP contribution in [0.15, 0.2) is 47.9 Å². The zero-order chi connectivity index (χ0) is 21.1. The number of esters is 1. The molecule has 3 rings (SSSR count). The van der Waals surface area contributed by atoms with Gasteiger partial charge in [-0.1, -0.05) is 6.08 Å². The summed E-state index contributed by atoms with van der Waals surface area (Å²) in [5, 5.41) is -0.287. The molecule has 0 radical (unpaired) electrons. The number of rotatable bonds is 6. The van der Waals surface area contributed by atoms with Crippen LogP contribution in [0.2, 0.25) is 0 Å². The van der Waals surface area contributed by atoms with Crippen molar-refractivity contribution in [2.24, 2.45) is 0 Å². The number of aromatic nitrogens is 1. The molecule has 0 N–H and O–H groups in total. The fraction of sp³-hybridized carbons (Fsp3) is 0.227. The Morgan fingerprint density at radius 1 is 1.21 bits per heavy atom. The third kappa shape index (κ3) is 4.05. The van der Waals surface area contributed by atoms with E-state index in [2.05, 4.69) is 6.58 Å². The number of amides is 2. The molecule has 2 heterocycles. The van der Waals surface area contributed by atoms with Crippen molar-refractivity contribution < 1.29 is 19.1 Å². The summed E-state index contributed by atoms with van der Waals surface area (Å²) in [6.45, 7) is 9.80. The van der Waals surface area contributed by atoms with E-state index in [-0.39, 0.29) is 23.7 Å². The molecule has 1 aliphatic heterocycles. The third-order valence-corrected chi connectivity index (χ3v) is 5.49. The molecular weight excluding hydrogens is 388 g/mol. The van der Waals surface area contributed by atoms with Gasteiger partial charge in [0.15, 0.2) is 0 Å². The van der Waals surface area contributed by atoms with Crippen LogP contribution in [-0.4, -0.2) is 39.7 Å². The van der Waals surface area contributed by atoms with E-state index in [0.717, 1.165) is 34.4 Å². The summed E-state index contributed by atoms with van der Waals surface area (Å²) in [6.07, 6.45) is 3.28. The first kappa shape index (κ1) is 20.7. The Kier molecular flexibility index (Phi) is 6.08. The molecular formula is C22H22N2O4S. The van der Waals surface area contributed by atoms with Gasteiger partial charge in [-0.15, -0.1) is 6.58 Å². The maximum Gasteiger partial charge on any atom is 0.338 e. The molecule has 1 fully saturated rings. The summed E-state index contributed by atoms with van der Waals surface area (Å²) in [4.78, 5) is 37.9. The largest absolute Gasteiger partial charge is 0.462 e. The van der Waals surface area contributed by atoms with Crippen LogP contribution in [0.3, 0.4) is 0 Å². The number of benzene rings is 1. The van der Waals surface area contributed by atoms with Gasteiger partial charge >= 0.3 is 5.97 Å². The minimum atomic E-state index is -0.351. The van der Waals surface area contributed by atoms with Crippen molar-refractivity contribution in [2.45, 2.75) is 20.8 Å². The zero-order valence-corrected chi connectivity index (χ0v) is 17.4. The average Bonchev–Trinajstić information content (AvgIpc) is 3.12. The Labute approximate surface area is 173 Å². The van der Waals surface area contributed by atoms with Crippen LogP contribution < -0.4 is 0 Å². The van der Waals surface area contributed by atoms with Gasteiger partial charge in [0.05, 0.1) is 17.1 Å². The van der Waals surface area contributed by atoms with Gasteiger partial charge in [-0.05, 0) is 74.5 Å². The maximum absolute atomic E-state index is 12.5. The number of carbonyl (C=O) groups excluding carboxylic acids is 3. The highest BCUT2D eigenvalue weighted by Gasteiger charge is 2.34. The quantitative estimate of drug-likeness (QED) is 0.399. The number of nitrogens with zero attached hydrogens (tertiary/aromatic N) is 2. The molecule has 0 unspecified atom stereocenters. The van der Waals surface area contributed by atoms with Gasteiger partial charge in [0.2, 0.25) is 0 Å². The Morgan fingerprint density at radius 3 is 2.52 bits per heavy atom. The second kappa shape index (κ2) is 8.53. The molecule has 1 aromatic heterocycles. The molecule has 2 aromatic rings. The van der Waals surface area contributed by atoms with Crippen molar-refractivity contribution in [1.82, 2.24) is 9.47 Å². The van der Waals surface area contributed by atoms with E-state index in [1.807, 2.05) is 36.6 Å². The monoisotopic (exact) mass is 410 g/mol. The molecule has 0 aliphatic carbocycles. The first-order chi connectivity index (χ1) is 13.9. The van der Waals surface area contributed by atoms with Crippen LogP contribution in [0.1, 0.15) is 34.2 Å². The predicted octanol–water partition coefficient (Wildman–Crippen LogP) is 4.49. The Hall–Kier alpha value is -3.06. The number of aryl methyl sites for hydroxylation is 1. The molecule has 0 atom stereocenters. The summed E-state index contributed by atoms with van der Waals surface area (Å²) < 4.78 is 7.06. The fourth-order valence-corrected chi connectivity index (χ4v) is 4.06. The number of carbonyl (C=O) groups is 3. The molecule has 29 heavy (non-hydrogen) atoms. The molecule has 150 valence electrons. The van der Waals surface area contributed by atoms with Crippen LogP contribution in [0.4, 0.5) is 4.79 Å². The van der Waals surface area contributed by atoms with Crippen LogP contribution in [0.25, 0.3) is 11.8 Å². The maximum atomic E-state index is 12.5. The topological polar surface area (TPSA) is 68.6 Å². The van der Waals surface area contributed by atoms with E-state index < -0.39 is 0 Å². The van der Waals surface area contributed by atoms with Gasteiger partial charge < -0.3 is 9.30 Å². The highest BCUT2D eigenvalue weighted by Crippen LogP contribution is 2.33. The van der Waals surface area contributed by atoms with E-state index in [1.165, 1.54) is 11.0 Å². The third-order valence-electron chi connectivity index (χ3n) is 4.58. The summed E-state index contributed by atoms with van der Waals surface area (Å²) >= 11 is 0.936. The predicted molar refractivity (Wildman–Crippen MR) is 114 cm³/mol. The van der Waals surface area contributed by atoms with Gasteiger partial charge in [0, 0.05) is 23.6 Å². The highest BCUT2D eigenvalue weighted by atomic mass is 32.2. The standard InChI is InChI=1S/C22H22N2O4S/c1-5-11-23-20(25)19(29-22(23)27)13-17-12-14(3)24(15(17)4)18-9-7-16(8-10-18)21(26)28-6-2/h5,7-10,12-13H,1,6,11H2,2-4H3/b19-13+. The Bertz CT molecular complexity index is 1020. The minimum Gasteiger partial charge on any atom is -0.462 e. The van der Waals surface area contributed by atoms with E-state index >= 15 is 0 Å². The van der Waals surface area contributed by atoms with Gasteiger partial charge in [-0.3, -0.25) is 14.5 Å². The molecule has 1 saturated heterocycles. The van der Waals surface area contributed by atoms with E-state index in [4.69, 9.17) is 4.74 Å². The first-order valence-electron chi connectivity index (χ1n) is 9.20. The summed E-state index contributed by atoms with van der Waals surface area (Å²) in [6, 6.07) is 9.14. The van der Waals surface area contributed by atoms with E-state index in [9.17, 15) is 14.4 Å². The van der Waals surface area contributed by atoms with Crippen molar-refractivity contribution in [3.8, 4) is 5.69 Å². The number of ether oxygens (including phenoxy) is 1. The first-order valence-corrected chi connectivity index (χ1v) is 10.0. The number of hydrogen-bond acceptors (Lipinski definition) is 5. The van der Waals surface area contributed by atoms with Crippen LogP contribution in [0.5, 0.6) is 0 Å². The molecule has 1 aromatic carbocycles. The smallest absolute Gasteiger partial charge is 0.338 e. The molecule has 0 saturated carbocycles. The number of hydrogen-bond donors (Lipinski definition) is 0. The molecule has 1 aliphatic rings. The van der Waals surface area contributed by atoms with Crippen LogP contribution >= 0.6 is 11.8 Å². The lowest BCUT2D eigenvalue weighted by Gasteiger charge is -2.10. The Balaban J connectivity index is 1.92. The fourth-order valence-electron chi connectivity index (χ4n) is 3.22. The van der Waals surface area contributed by atoms with Gasteiger partial charge in [-0.25, -0.2) is 4.79 Å². The SMILES string of the molecule is C=CCN1C(=O)S/C(=C/c2cc(C)n(-c3ccc(C(=O)OCC)cc3)c2C)C1=O. The van der Waals surface area contributed by atoms with Gasteiger partial charge in [0.25, 0.3) is 11.1 Å².